The van der Waals surface area contributed by atoms with Crippen LogP contribution < -0.4 is 14.8 Å². The smallest absolute Gasteiger partial charge is 0.196 e. The van der Waals surface area contributed by atoms with E-state index in [2.05, 4.69) is 16.4 Å². The van der Waals surface area contributed by atoms with Crippen molar-refractivity contribution in [1.29, 1.82) is 5.26 Å². The summed E-state index contributed by atoms with van der Waals surface area (Å²) in [4.78, 5) is 4.50. The molecule has 1 atom stereocenters. The van der Waals surface area contributed by atoms with Crippen LogP contribution >= 0.6 is 23.2 Å². The summed E-state index contributed by atoms with van der Waals surface area (Å²) < 4.78 is 16.1. The molecule has 4 aromatic rings. The zero-order chi connectivity index (χ0) is 24.2. The highest BCUT2D eigenvalue weighted by Crippen LogP contribution is 2.38. The summed E-state index contributed by atoms with van der Waals surface area (Å²) in [6.45, 7) is 1.83. The molecule has 0 spiro atoms. The summed E-state index contributed by atoms with van der Waals surface area (Å²) in [5.74, 6) is 1.19. The van der Waals surface area contributed by atoms with Crippen LogP contribution in [0.3, 0.4) is 0 Å². The maximum atomic E-state index is 9.68. The Morgan fingerprint density at radius 1 is 0.971 bits per heavy atom. The number of nitriles is 1. The van der Waals surface area contributed by atoms with Crippen molar-refractivity contribution in [3.63, 3.8) is 0 Å². The van der Waals surface area contributed by atoms with E-state index in [-0.39, 0.29) is 6.29 Å². The molecule has 172 valence electrons. The zero-order valence-electron chi connectivity index (χ0n) is 18.7. The molecule has 0 saturated heterocycles. The molecule has 1 heterocycles. The van der Waals surface area contributed by atoms with E-state index in [4.69, 9.17) is 37.4 Å². The highest BCUT2D eigenvalue weighted by Gasteiger charge is 2.14. The third-order valence-corrected chi connectivity index (χ3v) is 5.92. The van der Waals surface area contributed by atoms with Crippen LogP contribution in [0.2, 0.25) is 10.0 Å². The Morgan fingerprint density at radius 2 is 1.71 bits per heavy atom. The molecule has 0 bridgehead atoms. The van der Waals surface area contributed by atoms with Crippen molar-refractivity contribution in [3.8, 4) is 28.7 Å². The van der Waals surface area contributed by atoms with E-state index in [0.717, 1.165) is 27.8 Å². The lowest BCUT2D eigenvalue weighted by atomic mass is 10.0. The SMILES string of the molecule is COc1cc(Nc2c(C#N)cnc3cc(-c4ccc(OC(C)OC)cc4)ccc23)c(Cl)cc1Cl. The molecule has 0 aliphatic carbocycles. The Hall–Kier alpha value is -3.50. The number of fused-ring (bicyclic) bond motifs is 1. The van der Waals surface area contributed by atoms with Gasteiger partial charge in [0.25, 0.3) is 0 Å². The summed E-state index contributed by atoms with van der Waals surface area (Å²) in [5, 5.41) is 14.5. The van der Waals surface area contributed by atoms with Gasteiger partial charge in [-0.3, -0.25) is 4.98 Å². The maximum Gasteiger partial charge on any atom is 0.196 e. The van der Waals surface area contributed by atoms with Crippen molar-refractivity contribution >= 4 is 45.5 Å². The molecule has 3 aromatic carbocycles. The fourth-order valence-corrected chi connectivity index (χ4v) is 3.98. The number of hydrogen-bond acceptors (Lipinski definition) is 6. The van der Waals surface area contributed by atoms with E-state index in [1.807, 2.05) is 49.4 Å². The van der Waals surface area contributed by atoms with Gasteiger partial charge in [-0.1, -0.05) is 47.5 Å². The van der Waals surface area contributed by atoms with Gasteiger partial charge in [-0.15, -0.1) is 0 Å². The number of hydrogen-bond donors (Lipinski definition) is 1. The number of anilines is 2. The minimum Gasteiger partial charge on any atom is -0.495 e. The number of rotatable bonds is 7. The highest BCUT2D eigenvalue weighted by molar-refractivity contribution is 6.37. The number of halogens is 2. The Morgan fingerprint density at radius 3 is 2.38 bits per heavy atom. The van der Waals surface area contributed by atoms with Crippen molar-refractivity contribution < 1.29 is 14.2 Å². The number of aromatic nitrogens is 1. The third kappa shape index (κ3) is 4.87. The van der Waals surface area contributed by atoms with Gasteiger partial charge < -0.3 is 19.5 Å². The first-order valence-electron chi connectivity index (χ1n) is 10.4. The number of benzene rings is 3. The van der Waals surface area contributed by atoms with E-state index < -0.39 is 0 Å². The van der Waals surface area contributed by atoms with Gasteiger partial charge in [-0.05, 0) is 42.3 Å². The van der Waals surface area contributed by atoms with Crippen molar-refractivity contribution in [3.05, 3.63) is 76.4 Å². The van der Waals surface area contributed by atoms with Crippen LogP contribution in [-0.2, 0) is 4.74 Å². The second-order valence-corrected chi connectivity index (χ2v) is 8.24. The fourth-order valence-electron chi connectivity index (χ4n) is 3.47. The van der Waals surface area contributed by atoms with Crippen molar-refractivity contribution in [2.45, 2.75) is 13.2 Å². The summed E-state index contributed by atoms with van der Waals surface area (Å²) in [6, 6.07) is 19.1. The number of nitrogens with one attached hydrogen (secondary N) is 1. The molecule has 6 nitrogen and oxygen atoms in total. The van der Waals surface area contributed by atoms with E-state index >= 15 is 0 Å². The van der Waals surface area contributed by atoms with Gasteiger partial charge in [-0.2, -0.15) is 5.26 Å². The van der Waals surface area contributed by atoms with Crippen LogP contribution in [0.15, 0.2) is 60.8 Å². The molecule has 1 N–H and O–H groups in total. The van der Waals surface area contributed by atoms with Crippen molar-refractivity contribution in [1.82, 2.24) is 4.98 Å². The minimum absolute atomic E-state index is 0.329. The predicted molar refractivity (Wildman–Crippen MR) is 135 cm³/mol. The van der Waals surface area contributed by atoms with Crippen LogP contribution in [0.4, 0.5) is 11.4 Å². The molecule has 0 fully saturated rings. The number of methoxy groups -OCH3 is 2. The normalized spacial score (nSPS) is 11.6. The molecule has 0 saturated carbocycles. The fraction of sp³-hybridized carbons (Fsp3) is 0.154. The first-order chi connectivity index (χ1) is 16.4. The molecule has 1 aromatic heterocycles. The molecule has 1 unspecified atom stereocenters. The van der Waals surface area contributed by atoms with Gasteiger partial charge in [0.15, 0.2) is 6.29 Å². The summed E-state index contributed by atoms with van der Waals surface area (Å²) >= 11 is 12.6. The lowest BCUT2D eigenvalue weighted by molar-refractivity contribution is -0.0382. The molecular formula is C26H21Cl2N3O3. The molecule has 0 radical (unpaired) electrons. The highest BCUT2D eigenvalue weighted by atomic mass is 35.5. The predicted octanol–water partition coefficient (Wildman–Crippen LogP) is 7.20. The minimum atomic E-state index is -0.329. The van der Waals surface area contributed by atoms with Gasteiger partial charge in [-0.25, -0.2) is 0 Å². The first kappa shape index (κ1) is 23.7. The Kier molecular flexibility index (Phi) is 7.09. The Bertz CT molecular complexity index is 1390. The van der Waals surface area contributed by atoms with E-state index in [0.29, 0.717) is 32.7 Å². The summed E-state index contributed by atoms with van der Waals surface area (Å²) in [6.07, 6.45) is 1.21. The molecule has 8 heteroatoms. The maximum absolute atomic E-state index is 9.68. The second-order valence-electron chi connectivity index (χ2n) is 7.43. The summed E-state index contributed by atoms with van der Waals surface area (Å²) in [7, 11) is 3.12. The molecule has 0 amide bonds. The molecule has 0 aliphatic rings. The van der Waals surface area contributed by atoms with Gasteiger partial charge in [0.2, 0.25) is 0 Å². The van der Waals surface area contributed by atoms with E-state index in [1.54, 1.807) is 25.4 Å². The monoisotopic (exact) mass is 493 g/mol. The van der Waals surface area contributed by atoms with Gasteiger partial charge >= 0.3 is 0 Å². The topological polar surface area (TPSA) is 76.4 Å². The van der Waals surface area contributed by atoms with Gasteiger partial charge in [0, 0.05) is 24.8 Å². The number of ether oxygens (including phenoxy) is 3. The number of nitrogens with zero attached hydrogens (tertiary/aromatic N) is 2. The summed E-state index contributed by atoms with van der Waals surface area (Å²) in [5.41, 5.74) is 4.27. The average Bonchev–Trinajstić information content (AvgIpc) is 2.85. The van der Waals surface area contributed by atoms with E-state index in [1.165, 1.54) is 7.11 Å². The molecule has 4 rings (SSSR count). The van der Waals surface area contributed by atoms with Gasteiger partial charge in [0.05, 0.1) is 39.6 Å². The lowest BCUT2D eigenvalue weighted by Gasteiger charge is -2.15. The Balaban J connectivity index is 1.72. The van der Waals surface area contributed by atoms with Crippen LogP contribution in [0, 0.1) is 11.3 Å². The van der Waals surface area contributed by atoms with Crippen LogP contribution in [0.25, 0.3) is 22.0 Å². The van der Waals surface area contributed by atoms with E-state index in [9.17, 15) is 5.26 Å². The molecule has 34 heavy (non-hydrogen) atoms. The van der Waals surface area contributed by atoms with Crippen molar-refractivity contribution in [2.75, 3.05) is 19.5 Å². The lowest BCUT2D eigenvalue weighted by Crippen LogP contribution is -2.13. The second kappa shape index (κ2) is 10.2. The molecule has 0 aliphatic heterocycles. The largest absolute Gasteiger partial charge is 0.495 e. The first-order valence-corrected chi connectivity index (χ1v) is 11.1. The zero-order valence-corrected chi connectivity index (χ0v) is 20.2. The number of pyridine rings is 1. The quantitative estimate of drug-likeness (QED) is 0.274. The van der Waals surface area contributed by atoms with Crippen molar-refractivity contribution in [2.24, 2.45) is 0 Å². The van der Waals surface area contributed by atoms with Crippen LogP contribution in [0.5, 0.6) is 11.5 Å². The molecular weight excluding hydrogens is 473 g/mol. The average molecular weight is 494 g/mol. The standard InChI is InChI=1S/C26H21Cl2N3O3/c1-15(32-2)34-19-7-4-16(5-8-19)17-6-9-20-23(10-17)30-14-18(13-29)26(20)31-24-12-25(33-3)22(28)11-21(24)27/h4-12,14-15H,1-3H3,(H,30,31). The Labute approximate surface area is 207 Å². The van der Waals surface area contributed by atoms with Crippen LogP contribution in [-0.4, -0.2) is 25.5 Å². The third-order valence-electron chi connectivity index (χ3n) is 5.31. The van der Waals surface area contributed by atoms with Gasteiger partial charge in [0.1, 0.15) is 17.6 Å². The van der Waals surface area contributed by atoms with Crippen LogP contribution in [0.1, 0.15) is 12.5 Å².